The molecule has 116 valence electrons. The molecular formula is C16H24N2O3. The molecule has 2 rings (SSSR count). The van der Waals surface area contributed by atoms with Gasteiger partial charge in [-0.1, -0.05) is 25.5 Å². The summed E-state index contributed by atoms with van der Waals surface area (Å²) in [5, 5.41) is 11.2. The number of rotatable bonds is 7. The lowest BCUT2D eigenvalue weighted by molar-refractivity contribution is -0.0915. The molecule has 0 aromatic heterocycles. The van der Waals surface area contributed by atoms with Crippen molar-refractivity contribution in [2.75, 3.05) is 20.2 Å². The highest BCUT2D eigenvalue weighted by atomic mass is 16.5. The van der Waals surface area contributed by atoms with Crippen molar-refractivity contribution < 1.29 is 14.6 Å². The van der Waals surface area contributed by atoms with Gasteiger partial charge in [-0.15, -0.1) is 0 Å². The van der Waals surface area contributed by atoms with E-state index in [0.29, 0.717) is 42.8 Å². The van der Waals surface area contributed by atoms with Gasteiger partial charge in [0.05, 0.1) is 12.7 Å². The Morgan fingerprint density at radius 1 is 1.38 bits per heavy atom. The third-order valence-electron chi connectivity index (χ3n) is 4.05. The van der Waals surface area contributed by atoms with Crippen molar-refractivity contribution in [1.82, 2.24) is 4.90 Å². The van der Waals surface area contributed by atoms with Crippen LogP contribution in [0.25, 0.3) is 0 Å². The molecule has 5 heteroatoms. The van der Waals surface area contributed by atoms with Gasteiger partial charge in [0, 0.05) is 12.1 Å². The number of fused-ring (bicyclic) bond motifs is 1. The van der Waals surface area contributed by atoms with Gasteiger partial charge in [-0.05, 0) is 31.9 Å². The molecule has 3 N–H and O–H groups in total. The summed E-state index contributed by atoms with van der Waals surface area (Å²) in [5.41, 5.74) is 5.45. The van der Waals surface area contributed by atoms with Crippen LogP contribution in [0.1, 0.15) is 48.5 Å². The van der Waals surface area contributed by atoms with Crippen LogP contribution in [0.2, 0.25) is 0 Å². The molecule has 1 aliphatic heterocycles. The van der Waals surface area contributed by atoms with Gasteiger partial charge in [0.15, 0.2) is 5.72 Å². The molecule has 5 nitrogen and oxygen atoms in total. The summed E-state index contributed by atoms with van der Waals surface area (Å²) in [6.45, 7) is 3.01. The fourth-order valence-corrected chi connectivity index (χ4v) is 2.93. The summed E-state index contributed by atoms with van der Waals surface area (Å²) < 4.78 is 5.29. The van der Waals surface area contributed by atoms with E-state index in [1.54, 1.807) is 11.0 Å². The van der Waals surface area contributed by atoms with Crippen LogP contribution in [-0.4, -0.2) is 36.1 Å². The predicted octanol–water partition coefficient (Wildman–Crippen LogP) is 1.84. The van der Waals surface area contributed by atoms with Crippen molar-refractivity contribution >= 4 is 5.91 Å². The van der Waals surface area contributed by atoms with Crippen LogP contribution in [0.3, 0.4) is 0 Å². The minimum atomic E-state index is -1.24. The molecule has 0 fully saturated rings. The number of aliphatic hydroxyl groups is 1. The molecule has 1 atom stereocenters. The highest BCUT2D eigenvalue weighted by molar-refractivity contribution is 6.02. The Morgan fingerprint density at radius 2 is 2.14 bits per heavy atom. The molecule has 21 heavy (non-hydrogen) atoms. The summed E-state index contributed by atoms with van der Waals surface area (Å²) in [6.07, 6.45) is 3.00. The minimum absolute atomic E-state index is 0.172. The van der Waals surface area contributed by atoms with Gasteiger partial charge < -0.3 is 20.5 Å². The van der Waals surface area contributed by atoms with E-state index in [-0.39, 0.29) is 5.91 Å². The summed E-state index contributed by atoms with van der Waals surface area (Å²) in [4.78, 5) is 14.3. The lowest BCUT2D eigenvalue weighted by Crippen LogP contribution is -2.44. The fourth-order valence-electron chi connectivity index (χ4n) is 2.93. The number of hydrogen-bond donors (Lipinski definition) is 2. The lowest BCUT2D eigenvalue weighted by atomic mass is 9.95. The van der Waals surface area contributed by atoms with Gasteiger partial charge in [0.1, 0.15) is 5.75 Å². The highest BCUT2D eigenvalue weighted by Crippen LogP contribution is 2.44. The molecule has 1 aliphatic rings. The fraction of sp³-hybridized carbons (Fsp3) is 0.562. The maximum Gasteiger partial charge on any atom is 0.260 e. The molecule has 1 aromatic rings. The number of methoxy groups -OCH3 is 1. The molecule has 0 saturated heterocycles. The molecule has 1 unspecified atom stereocenters. The van der Waals surface area contributed by atoms with E-state index in [9.17, 15) is 9.90 Å². The van der Waals surface area contributed by atoms with Crippen LogP contribution in [-0.2, 0) is 5.72 Å². The Bertz CT molecular complexity index is 518. The molecular weight excluding hydrogens is 268 g/mol. The van der Waals surface area contributed by atoms with Crippen molar-refractivity contribution in [3.05, 3.63) is 29.3 Å². The number of carbonyl (C=O) groups is 1. The van der Waals surface area contributed by atoms with Crippen LogP contribution in [0.5, 0.6) is 5.75 Å². The zero-order valence-electron chi connectivity index (χ0n) is 12.8. The maximum atomic E-state index is 12.7. The van der Waals surface area contributed by atoms with Crippen molar-refractivity contribution in [1.29, 1.82) is 0 Å². The third-order valence-corrected chi connectivity index (χ3v) is 4.05. The molecule has 1 amide bonds. The quantitative estimate of drug-likeness (QED) is 0.804. The Hall–Kier alpha value is -1.59. The number of hydrogen-bond acceptors (Lipinski definition) is 4. The van der Waals surface area contributed by atoms with Gasteiger partial charge in [0.2, 0.25) is 0 Å². The normalized spacial score (nSPS) is 20.8. The van der Waals surface area contributed by atoms with Gasteiger partial charge in [-0.2, -0.15) is 0 Å². The molecule has 0 bridgehead atoms. The van der Waals surface area contributed by atoms with Crippen molar-refractivity contribution in [2.24, 2.45) is 5.73 Å². The number of nitrogens with zero attached hydrogens (tertiary/aromatic N) is 1. The topological polar surface area (TPSA) is 75.8 Å². The van der Waals surface area contributed by atoms with E-state index in [4.69, 9.17) is 10.5 Å². The van der Waals surface area contributed by atoms with E-state index < -0.39 is 5.72 Å². The van der Waals surface area contributed by atoms with E-state index >= 15 is 0 Å². The van der Waals surface area contributed by atoms with E-state index in [2.05, 4.69) is 6.92 Å². The Balaban J connectivity index is 2.46. The van der Waals surface area contributed by atoms with Crippen LogP contribution in [0.15, 0.2) is 18.2 Å². The van der Waals surface area contributed by atoms with E-state index in [0.717, 1.165) is 12.8 Å². The van der Waals surface area contributed by atoms with Crippen LogP contribution in [0.4, 0.5) is 0 Å². The second-order valence-electron chi connectivity index (χ2n) is 5.40. The van der Waals surface area contributed by atoms with Crippen molar-refractivity contribution in [3.8, 4) is 5.75 Å². The first-order chi connectivity index (χ1) is 10.1. The number of nitrogens with two attached hydrogens (primary N) is 1. The van der Waals surface area contributed by atoms with Gasteiger partial charge in [0.25, 0.3) is 5.91 Å². The number of ether oxygens (including phenoxy) is 1. The lowest BCUT2D eigenvalue weighted by Gasteiger charge is -2.34. The first kappa shape index (κ1) is 15.8. The van der Waals surface area contributed by atoms with Crippen LogP contribution < -0.4 is 10.5 Å². The van der Waals surface area contributed by atoms with Crippen LogP contribution >= 0.6 is 0 Å². The summed E-state index contributed by atoms with van der Waals surface area (Å²) >= 11 is 0. The predicted molar refractivity (Wildman–Crippen MR) is 81.1 cm³/mol. The number of unbranched alkanes of at least 4 members (excludes halogenated alkanes) is 1. The first-order valence-corrected chi connectivity index (χ1v) is 7.52. The minimum Gasteiger partial charge on any atom is -0.496 e. The molecule has 1 heterocycles. The average molecular weight is 292 g/mol. The van der Waals surface area contributed by atoms with Crippen molar-refractivity contribution in [3.63, 3.8) is 0 Å². The SMILES string of the molecule is CCCCC1(O)c2cccc(OC)c2C(=O)N1CCCN. The zero-order chi connectivity index (χ0) is 15.5. The third kappa shape index (κ3) is 2.63. The molecule has 0 radical (unpaired) electrons. The average Bonchev–Trinajstić information content (AvgIpc) is 2.72. The Kier molecular flexibility index (Phi) is 4.85. The number of amides is 1. The Labute approximate surface area is 125 Å². The number of benzene rings is 1. The standard InChI is InChI=1S/C16H24N2O3/c1-3-4-9-16(20)12-7-5-8-13(21-2)14(12)15(19)18(16)11-6-10-17/h5,7-8,20H,3-4,6,9-11,17H2,1-2H3. The van der Waals surface area contributed by atoms with E-state index in [1.807, 2.05) is 12.1 Å². The van der Waals surface area contributed by atoms with Crippen LogP contribution in [0, 0.1) is 0 Å². The first-order valence-electron chi connectivity index (χ1n) is 7.52. The number of carbonyl (C=O) groups excluding carboxylic acids is 1. The summed E-state index contributed by atoms with van der Waals surface area (Å²) in [5.74, 6) is 0.345. The Morgan fingerprint density at radius 3 is 2.76 bits per heavy atom. The van der Waals surface area contributed by atoms with Crippen molar-refractivity contribution in [2.45, 2.75) is 38.3 Å². The monoisotopic (exact) mass is 292 g/mol. The molecule has 0 aliphatic carbocycles. The van der Waals surface area contributed by atoms with Gasteiger partial charge in [-0.25, -0.2) is 0 Å². The zero-order valence-corrected chi connectivity index (χ0v) is 12.8. The van der Waals surface area contributed by atoms with E-state index in [1.165, 1.54) is 7.11 Å². The smallest absolute Gasteiger partial charge is 0.260 e. The largest absolute Gasteiger partial charge is 0.496 e. The molecule has 1 aromatic carbocycles. The second-order valence-corrected chi connectivity index (χ2v) is 5.40. The molecule has 0 saturated carbocycles. The summed E-state index contributed by atoms with van der Waals surface area (Å²) in [6, 6.07) is 5.38. The highest BCUT2D eigenvalue weighted by Gasteiger charge is 2.48. The summed E-state index contributed by atoms with van der Waals surface area (Å²) in [7, 11) is 1.54. The molecule has 0 spiro atoms. The van der Waals surface area contributed by atoms with Gasteiger partial charge >= 0.3 is 0 Å². The van der Waals surface area contributed by atoms with Gasteiger partial charge in [-0.3, -0.25) is 4.79 Å². The second kappa shape index (κ2) is 6.45. The maximum absolute atomic E-state index is 12.7.